The van der Waals surface area contributed by atoms with Crippen molar-refractivity contribution in [3.63, 3.8) is 0 Å². The lowest BCUT2D eigenvalue weighted by molar-refractivity contribution is -0.119. The third kappa shape index (κ3) is 2.45. The average molecular weight is 264 g/mol. The molecule has 0 spiro atoms. The van der Waals surface area contributed by atoms with Gasteiger partial charge in [0.1, 0.15) is 5.82 Å². The first-order valence-corrected chi connectivity index (χ1v) is 6.30. The summed E-state index contributed by atoms with van der Waals surface area (Å²) in [5.74, 6) is -0.857. The molecule has 2 rings (SSSR count). The van der Waals surface area contributed by atoms with Gasteiger partial charge in [0.15, 0.2) is 5.78 Å². The number of fused-ring (bicyclic) bond motifs is 1. The smallest absolute Gasteiger partial charge is 0.217 e. The summed E-state index contributed by atoms with van der Waals surface area (Å²) in [5, 5.41) is 2.64. The highest BCUT2D eigenvalue weighted by molar-refractivity contribution is 6.07. The van der Waals surface area contributed by atoms with E-state index >= 15 is 0 Å². The fraction of sp³-hybridized carbons (Fsp3) is 0.429. The van der Waals surface area contributed by atoms with Crippen molar-refractivity contribution in [1.29, 1.82) is 0 Å². The lowest BCUT2D eigenvalue weighted by Crippen LogP contribution is -2.39. The van der Waals surface area contributed by atoms with Gasteiger partial charge >= 0.3 is 0 Å². The number of nitrogens with two attached hydrogens (primary N) is 1. The third-order valence-corrected chi connectivity index (χ3v) is 3.54. The molecule has 3 N–H and O–H groups in total. The van der Waals surface area contributed by atoms with Crippen LogP contribution in [0.5, 0.6) is 0 Å². The number of ketones is 1. The Morgan fingerprint density at radius 3 is 2.84 bits per heavy atom. The first kappa shape index (κ1) is 13.5. The molecule has 0 radical (unpaired) electrons. The Balaban J connectivity index is 2.51. The van der Waals surface area contributed by atoms with E-state index in [-0.39, 0.29) is 23.2 Å². The maximum atomic E-state index is 13.7. The standard InChI is InChI=1S/C14H17FN2O2/c1-7-9-4-3-5-12(17-8(2)18)14(19)13(9)11(16)6-10(7)15/h6,12H,3-5,16H2,1-2H3,(H,17,18). The third-order valence-electron chi connectivity index (χ3n) is 3.54. The lowest BCUT2D eigenvalue weighted by atomic mass is 9.94. The SMILES string of the molecule is CC(=O)NC1CCCc2c(C)c(F)cc(N)c2C1=O. The van der Waals surface area contributed by atoms with E-state index < -0.39 is 6.04 Å². The molecule has 5 heteroatoms. The first-order chi connectivity index (χ1) is 8.91. The summed E-state index contributed by atoms with van der Waals surface area (Å²) in [7, 11) is 0. The van der Waals surface area contributed by atoms with Crippen LogP contribution in [0.3, 0.4) is 0 Å². The van der Waals surface area contributed by atoms with Crippen molar-refractivity contribution in [2.45, 2.75) is 39.2 Å². The van der Waals surface area contributed by atoms with Gasteiger partial charge in [-0.25, -0.2) is 4.39 Å². The van der Waals surface area contributed by atoms with Crippen LogP contribution < -0.4 is 11.1 Å². The molecule has 4 nitrogen and oxygen atoms in total. The Bertz CT molecular complexity index is 555. The van der Waals surface area contributed by atoms with E-state index in [4.69, 9.17) is 5.73 Å². The van der Waals surface area contributed by atoms with Gasteiger partial charge in [0.2, 0.25) is 5.91 Å². The Morgan fingerprint density at radius 2 is 2.21 bits per heavy atom. The molecule has 1 unspecified atom stereocenters. The molecule has 0 fully saturated rings. The van der Waals surface area contributed by atoms with Gasteiger partial charge in [-0.05, 0) is 43.4 Å². The van der Waals surface area contributed by atoms with E-state index in [1.807, 2.05) is 0 Å². The Labute approximate surface area is 111 Å². The van der Waals surface area contributed by atoms with E-state index in [0.29, 0.717) is 36.0 Å². The molecule has 1 atom stereocenters. The van der Waals surface area contributed by atoms with Crippen LogP contribution in [0.1, 0.15) is 41.3 Å². The maximum absolute atomic E-state index is 13.7. The molecule has 1 aliphatic carbocycles. The van der Waals surface area contributed by atoms with Crippen molar-refractivity contribution in [2.75, 3.05) is 5.73 Å². The normalized spacial score (nSPS) is 18.7. The maximum Gasteiger partial charge on any atom is 0.217 e. The summed E-state index contributed by atoms with van der Waals surface area (Å²) < 4.78 is 13.7. The highest BCUT2D eigenvalue weighted by atomic mass is 19.1. The zero-order valence-electron chi connectivity index (χ0n) is 11.0. The lowest BCUT2D eigenvalue weighted by Gasteiger charge is -2.16. The van der Waals surface area contributed by atoms with Crippen molar-refractivity contribution in [2.24, 2.45) is 0 Å². The number of Topliss-reactive ketones (excluding diaryl/α,β-unsaturated/α-hetero) is 1. The number of carbonyl (C=O) groups excluding carboxylic acids is 2. The van der Waals surface area contributed by atoms with Crippen molar-refractivity contribution < 1.29 is 14.0 Å². The second-order valence-electron chi connectivity index (χ2n) is 4.94. The largest absolute Gasteiger partial charge is 0.398 e. The molecule has 0 aliphatic heterocycles. The molecular formula is C14H17FN2O2. The summed E-state index contributed by atoms with van der Waals surface area (Å²) in [4.78, 5) is 23.6. The van der Waals surface area contributed by atoms with Gasteiger partial charge in [-0.1, -0.05) is 0 Å². The molecule has 0 aromatic heterocycles. The number of hydrogen-bond donors (Lipinski definition) is 2. The van der Waals surface area contributed by atoms with Crippen LogP contribution in [0.4, 0.5) is 10.1 Å². The average Bonchev–Trinajstić information content (AvgIpc) is 2.47. The molecule has 102 valence electrons. The van der Waals surface area contributed by atoms with Gasteiger partial charge in [0.05, 0.1) is 6.04 Å². The van der Waals surface area contributed by atoms with Crippen molar-refractivity contribution in [3.8, 4) is 0 Å². The van der Waals surface area contributed by atoms with Crippen molar-refractivity contribution in [1.82, 2.24) is 5.32 Å². The van der Waals surface area contributed by atoms with Crippen LogP contribution in [0, 0.1) is 12.7 Å². The minimum Gasteiger partial charge on any atom is -0.398 e. The summed E-state index contributed by atoms with van der Waals surface area (Å²) in [5.41, 5.74) is 7.46. The Morgan fingerprint density at radius 1 is 1.53 bits per heavy atom. The number of halogens is 1. The fourth-order valence-electron chi connectivity index (χ4n) is 2.60. The number of benzene rings is 1. The second-order valence-corrected chi connectivity index (χ2v) is 4.94. The number of hydrogen-bond acceptors (Lipinski definition) is 3. The van der Waals surface area contributed by atoms with Crippen molar-refractivity contribution in [3.05, 3.63) is 28.6 Å². The first-order valence-electron chi connectivity index (χ1n) is 6.30. The molecular weight excluding hydrogens is 247 g/mol. The predicted octanol–water partition coefficient (Wildman–Crippen LogP) is 1.74. The van der Waals surface area contributed by atoms with Gasteiger partial charge in [-0.15, -0.1) is 0 Å². The minimum atomic E-state index is -0.564. The van der Waals surface area contributed by atoms with Crippen LogP contribution in [-0.2, 0) is 11.2 Å². The van der Waals surface area contributed by atoms with Crippen LogP contribution in [0.15, 0.2) is 6.07 Å². The minimum absolute atomic E-state index is 0.153. The highest BCUT2D eigenvalue weighted by Gasteiger charge is 2.29. The molecule has 1 aromatic rings. The summed E-state index contributed by atoms with van der Waals surface area (Å²) >= 11 is 0. The number of rotatable bonds is 1. The van der Waals surface area contributed by atoms with E-state index in [0.717, 1.165) is 0 Å². The summed E-state index contributed by atoms with van der Waals surface area (Å²) in [6, 6.07) is 0.619. The molecule has 0 saturated heterocycles. The quantitative estimate of drug-likeness (QED) is 0.599. The molecule has 19 heavy (non-hydrogen) atoms. The number of amides is 1. The number of nitrogens with one attached hydrogen (secondary N) is 1. The van der Waals surface area contributed by atoms with E-state index in [2.05, 4.69) is 5.32 Å². The Kier molecular flexibility index (Phi) is 3.55. The van der Waals surface area contributed by atoms with Crippen LogP contribution >= 0.6 is 0 Å². The molecule has 1 amide bonds. The van der Waals surface area contributed by atoms with E-state index in [1.165, 1.54) is 13.0 Å². The molecule has 0 heterocycles. The number of anilines is 1. The van der Waals surface area contributed by atoms with Gasteiger partial charge in [0, 0.05) is 18.2 Å². The molecule has 1 aromatic carbocycles. The topological polar surface area (TPSA) is 72.2 Å². The second kappa shape index (κ2) is 4.99. The number of nitrogen functional groups attached to an aromatic ring is 1. The van der Waals surface area contributed by atoms with Crippen LogP contribution in [0.25, 0.3) is 0 Å². The van der Waals surface area contributed by atoms with Gasteiger partial charge in [0.25, 0.3) is 0 Å². The predicted molar refractivity (Wildman–Crippen MR) is 70.4 cm³/mol. The monoisotopic (exact) mass is 264 g/mol. The zero-order valence-corrected chi connectivity index (χ0v) is 11.0. The van der Waals surface area contributed by atoms with E-state index in [9.17, 15) is 14.0 Å². The van der Waals surface area contributed by atoms with Crippen molar-refractivity contribution >= 4 is 17.4 Å². The van der Waals surface area contributed by atoms with Gasteiger partial charge in [-0.2, -0.15) is 0 Å². The van der Waals surface area contributed by atoms with Gasteiger partial charge < -0.3 is 11.1 Å². The summed E-state index contributed by atoms with van der Waals surface area (Å²) in [6.45, 7) is 3.03. The van der Waals surface area contributed by atoms with Crippen LogP contribution in [-0.4, -0.2) is 17.7 Å². The Hall–Kier alpha value is -1.91. The molecule has 0 saturated carbocycles. The van der Waals surface area contributed by atoms with Crippen LogP contribution in [0.2, 0.25) is 0 Å². The van der Waals surface area contributed by atoms with E-state index in [1.54, 1.807) is 6.92 Å². The number of carbonyl (C=O) groups is 2. The molecule has 0 bridgehead atoms. The summed E-state index contributed by atoms with van der Waals surface area (Å²) in [6.07, 6.45) is 1.87. The molecule has 1 aliphatic rings. The highest BCUT2D eigenvalue weighted by Crippen LogP contribution is 2.30. The zero-order chi connectivity index (χ0) is 14.2. The van der Waals surface area contributed by atoms with Gasteiger partial charge in [-0.3, -0.25) is 9.59 Å². The fourth-order valence-corrected chi connectivity index (χ4v) is 2.60.